The number of nitriles is 2. The molecule has 0 saturated carbocycles. The lowest BCUT2D eigenvalue weighted by molar-refractivity contribution is -0.127. The van der Waals surface area contributed by atoms with Gasteiger partial charge >= 0.3 is 5.97 Å². The Morgan fingerprint density at radius 3 is 1.86 bits per heavy atom. The van der Waals surface area contributed by atoms with Gasteiger partial charge in [-0.05, 0) is 41.0 Å². The second kappa shape index (κ2) is 9.50. The van der Waals surface area contributed by atoms with E-state index >= 15 is 0 Å². The van der Waals surface area contributed by atoms with E-state index in [4.69, 9.17) is 15.3 Å². The normalized spacial score (nSPS) is 10.3. The van der Waals surface area contributed by atoms with Crippen LogP contribution in [-0.2, 0) is 4.79 Å². The van der Waals surface area contributed by atoms with E-state index in [0.29, 0.717) is 16.9 Å². The molecule has 0 fully saturated rings. The zero-order chi connectivity index (χ0) is 20.5. The van der Waals surface area contributed by atoms with Crippen LogP contribution in [0.1, 0.15) is 16.7 Å². The van der Waals surface area contributed by atoms with Crippen LogP contribution in [0.4, 0.5) is 0 Å². The summed E-state index contributed by atoms with van der Waals surface area (Å²) in [5.41, 5.74) is 2.77. The van der Waals surface area contributed by atoms with Crippen molar-refractivity contribution in [2.45, 2.75) is 0 Å². The lowest BCUT2D eigenvalue weighted by Crippen LogP contribution is -2.10. The maximum absolute atomic E-state index is 12.9. The van der Waals surface area contributed by atoms with Crippen molar-refractivity contribution in [3.05, 3.63) is 107 Å². The molecule has 4 heteroatoms. The monoisotopic (exact) mass is 376 g/mol. The van der Waals surface area contributed by atoms with Gasteiger partial charge in [0.15, 0.2) is 0 Å². The van der Waals surface area contributed by atoms with E-state index < -0.39 is 5.97 Å². The van der Waals surface area contributed by atoms with Crippen LogP contribution in [0.15, 0.2) is 90.5 Å². The van der Waals surface area contributed by atoms with Gasteiger partial charge in [0.25, 0.3) is 0 Å². The minimum atomic E-state index is -0.474. The molecule has 0 aliphatic rings. The molecule has 3 rings (SSSR count). The van der Waals surface area contributed by atoms with Crippen LogP contribution in [0.2, 0.25) is 0 Å². The summed E-state index contributed by atoms with van der Waals surface area (Å²) in [6.07, 6.45) is 3.26. The predicted octanol–water partition coefficient (Wildman–Crippen LogP) is 5.26. The summed E-state index contributed by atoms with van der Waals surface area (Å²) in [4.78, 5) is 12.9. The van der Waals surface area contributed by atoms with Crippen LogP contribution in [0, 0.1) is 22.7 Å². The molecule has 0 unspecified atom stereocenters. The molecule has 3 aromatic carbocycles. The fourth-order valence-electron chi connectivity index (χ4n) is 2.64. The third-order valence-corrected chi connectivity index (χ3v) is 4.06. The molecule has 0 aliphatic carbocycles. The molecule has 0 aliphatic heterocycles. The Morgan fingerprint density at radius 1 is 0.724 bits per heavy atom. The lowest BCUT2D eigenvalue weighted by atomic mass is 10.0. The molecule has 0 aromatic heterocycles. The molecule has 29 heavy (non-hydrogen) atoms. The third kappa shape index (κ3) is 5.29. The number of rotatable bonds is 5. The van der Waals surface area contributed by atoms with E-state index in [9.17, 15) is 4.79 Å². The number of allylic oxidation sites excluding steroid dienone is 1. The zero-order valence-corrected chi connectivity index (χ0v) is 15.4. The van der Waals surface area contributed by atoms with Gasteiger partial charge in [0, 0.05) is 0 Å². The Hall–Kier alpha value is -4.41. The fourth-order valence-corrected chi connectivity index (χ4v) is 2.64. The lowest BCUT2D eigenvalue weighted by Gasteiger charge is -2.09. The zero-order valence-electron chi connectivity index (χ0n) is 15.4. The first kappa shape index (κ1) is 19.4. The fraction of sp³-hybridized carbons (Fsp3) is 0. The number of nitrogens with zero attached hydrogens (tertiary/aromatic N) is 2. The van der Waals surface area contributed by atoms with Gasteiger partial charge in [0.2, 0.25) is 0 Å². The van der Waals surface area contributed by atoms with Gasteiger partial charge in [-0.15, -0.1) is 0 Å². The van der Waals surface area contributed by atoms with Gasteiger partial charge in [-0.2, -0.15) is 10.5 Å². The largest absolute Gasteiger partial charge is 0.423 e. The van der Waals surface area contributed by atoms with Crippen LogP contribution in [0.3, 0.4) is 0 Å². The number of ether oxygens (including phenoxy) is 1. The highest BCUT2D eigenvalue weighted by Crippen LogP contribution is 2.22. The third-order valence-electron chi connectivity index (χ3n) is 4.06. The molecule has 138 valence electrons. The number of hydrogen-bond acceptors (Lipinski definition) is 4. The maximum atomic E-state index is 12.9. The van der Waals surface area contributed by atoms with Crippen molar-refractivity contribution in [2.24, 2.45) is 0 Å². The number of hydrogen-bond donors (Lipinski definition) is 0. The van der Waals surface area contributed by atoms with E-state index in [1.807, 2.05) is 72.8 Å². The van der Waals surface area contributed by atoms with Crippen molar-refractivity contribution in [2.75, 3.05) is 0 Å². The molecule has 0 atom stereocenters. The average molecular weight is 376 g/mol. The number of carbonyl (C=O) groups is 1. The van der Waals surface area contributed by atoms with E-state index in [1.165, 1.54) is 6.08 Å². The maximum Gasteiger partial charge on any atom is 0.344 e. The average Bonchev–Trinajstić information content (AvgIpc) is 2.78. The number of benzene rings is 3. The van der Waals surface area contributed by atoms with Crippen LogP contribution in [0.5, 0.6) is 5.75 Å². The second-order valence-electron chi connectivity index (χ2n) is 6.07. The van der Waals surface area contributed by atoms with Crippen molar-refractivity contribution in [3.63, 3.8) is 0 Å². The molecule has 0 bridgehead atoms. The van der Waals surface area contributed by atoms with Crippen molar-refractivity contribution in [3.8, 4) is 17.9 Å². The number of carbonyl (C=O) groups excluding carboxylic acids is 1. The summed E-state index contributed by atoms with van der Waals surface area (Å²) in [5, 5.41) is 17.7. The number of esters is 1. The van der Waals surface area contributed by atoms with Gasteiger partial charge in [0.05, 0.1) is 5.57 Å². The van der Waals surface area contributed by atoms with E-state index in [-0.39, 0.29) is 5.57 Å². The minimum absolute atomic E-state index is 0.00639. The van der Waals surface area contributed by atoms with Gasteiger partial charge < -0.3 is 4.74 Å². The Labute approximate surface area is 169 Å². The standard InChI is InChI=1S/C25H16N2O2/c26-17-21(18-27)15-20-11-13-23(14-12-20)29-25(28)24(22-9-5-2-6-10-22)16-19-7-3-1-4-8-19/h1-16H/b24-16+. The summed E-state index contributed by atoms with van der Waals surface area (Å²) in [6.45, 7) is 0. The molecule has 0 spiro atoms. The Morgan fingerprint density at radius 2 is 1.28 bits per heavy atom. The van der Waals surface area contributed by atoms with Crippen LogP contribution >= 0.6 is 0 Å². The smallest absolute Gasteiger partial charge is 0.344 e. The predicted molar refractivity (Wildman–Crippen MR) is 112 cm³/mol. The first-order chi connectivity index (χ1) is 14.2. The highest BCUT2D eigenvalue weighted by molar-refractivity contribution is 6.22. The van der Waals surface area contributed by atoms with E-state index in [0.717, 1.165) is 11.1 Å². The topological polar surface area (TPSA) is 73.9 Å². The van der Waals surface area contributed by atoms with Crippen LogP contribution in [0.25, 0.3) is 17.7 Å². The first-order valence-electron chi connectivity index (χ1n) is 8.86. The van der Waals surface area contributed by atoms with Gasteiger partial charge in [-0.3, -0.25) is 0 Å². The molecule has 0 amide bonds. The highest BCUT2D eigenvalue weighted by Gasteiger charge is 2.15. The second-order valence-corrected chi connectivity index (χ2v) is 6.07. The SMILES string of the molecule is N#CC(C#N)=Cc1ccc(OC(=O)/C(=C/c2ccccc2)c2ccccc2)cc1. The molecule has 0 radical (unpaired) electrons. The first-order valence-corrected chi connectivity index (χ1v) is 8.86. The van der Waals surface area contributed by atoms with Crippen molar-refractivity contribution >= 4 is 23.7 Å². The summed E-state index contributed by atoms with van der Waals surface area (Å²) >= 11 is 0. The van der Waals surface area contributed by atoms with E-state index in [1.54, 1.807) is 30.3 Å². The van der Waals surface area contributed by atoms with Crippen LogP contribution < -0.4 is 4.74 Å². The van der Waals surface area contributed by atoms with Crippen LogP contribution in [-0.4, -0.2) is 5.97 Å². The van der Waals surface area contributed by atoms with Gasteiger partial charge in [-0.1, -0.05) is 72.8 Å². The van der Waals surface area contributed by atoms with E-state index in [2.05, 4.69) is 0 Å². The summed E-state index contributed by atoms with van der Waals surface area (Å²) in [6, 6.07) is 29.1. The summed E-state index contributed by atoms with van der Waals surface area (Å²) < 4.78 is 5.56. The molecule has 4 nitrogen and oxygen atoms in total. The quantitative estimate of drug-likeness (QED) is 0.200. The highest BCUT2D eigenvalue weighted by atomic mass is 16.5. The van der Waals surface area contributed by atoms with Crippen molar-refractivity contribution in [1.29, 1.82) is 10.5 Å². The Kier molecular flexibility index (Phi) is 6.34. The van der Waals surface area contributed by atoms with Crippen molar-refractivity contribution < 1.29 is 9.53 Å². The molecular formula is C25H16N2O2. The minimum Gasteiger partial charge on any atom is -0.423 e. The Balaban J connectivity index is 1.86. The molecule has 3 aromatic rings. The summed E-state index contributed by atoms with van der Waals surface area (Å²) in [7, 11) is 0. The molecule has 0 heterocycles. The summed E-state index contributed by atoms with van der Waals surface area (Å²) in [5.74, 6) is -0.101. The molecule has 0 N–H and O–H groups in total. The molecule has 0 saturated heterocycles. The van der Waals surface area contributed by atoms with Gasteiger partial charge in [0.1, 0.15) is 23.5 Å². The van der Waals surface area contributed by atoms with Crippen molar-refractivity contribution in [1.82, 2.24) is 0 Å². The molecular weight excluding hydrogens is 360 g/mol. The van der Waals surface area contributed by atoms with Gasteiger partial charge in [-0.25, -0.2) is 4.79 Å². The Bertz CT molecular complexity index is 1120.